The molecule has 0 aromatic rings. The van der Waals surface area contributed by atoms with Gasteiger partial charge in [-0.05, 0) is 13.8 Å². The zero-order chi connectivity index (χ0) is 7.44. The molecule has 0 aliphatic rings. The zero-order valence-corrected chi connectivity index (χ0v) is 5.59. The van der Waals surface area contributed by atoms with Crippen molar-refractivity contribution in [3.63, 3.8) is 0 Å². The molecule has 0 radical (unpaired) electrons. The first-order valence-electron chi connectivity index (χ1n) is 2.79. The Morgan fingerprint density at radius 1 is 1.67 bits per heavy atom. The molecule has 4 N–H and O–H groups in total. The maximum absolute atomic E-state index is 9.95. The predicted molar refractivity (Wildman–Crippen MR) is 34.3 cm³/mol. The van der Waals surface area contributed by atoms with E-state index in [4.69, 9.17) is 10.8 Å². The van der Waals surface area contributed by atoms with Crippen molar-refractivity contribution in [1.82, 2.24) is 5.32 Å². The van der Waals surface area contributed by atoms with Crippen LogP contribution in [0.3, 0.4) is 0 Å². The van der Waals surface area contributed by atoms with Gasteiger partial charge in [0.15, 0.2) is 0 Å². The van der Waals surface area contributed by atoms with Gasteiger partial charge in [-0.15, -0.1) is 0 Å². The Balaban J connectivity index is 3.50. The Hall–Kier alpha value is -0.770. The fraction of sp³-hybridized carbons (Fsp3) is 0.800. The lowest BCUT2D eigenvalue weighted by molar-refractivity contribution is 0.189. The molecule has 2 atom stereocenters. The van der Waals surface area contributed by atoms with Crippen molar-refractivity contribution in [2.75, 3.05) is 0 Å². The number of amides is 1. The van der Waals surface area contributed by atoms with Crippen molar-refractivity contribution in [2.45, 2.75) is 25.9 Å². The number of hydrogen-bond donors (Lipinski definition) is 3. The second-order valence-corrected chi connectivity index (χ2v) is 2.10. The van der Waals surface area contributed by atoms with Crippen LogP contribution < -0.4 is 11.1 Å². The summed E-state index contributed by atoms with van der Waals surface area (Å²) in [7, 11) is 0. The quantitative estimate of drug-likeness (QED) is 0.494. The summed E-state index contributed by atoms with van der Waals surface area (Å²) in [6.07, 6.45) is -1.03. The average molecular weight is 132 g/mol. The molecular formula is C5H12N2O2. The molecule has 0 aliphatic carbocycles. The lowest BCUT2D eigenvalue weighted by Crippen LogP contribution is -2.43. The molecule has 0 fully saturated rings. The molecule has 0 aromatic carbocycles. The lowest BCUT2D eigenvalue weighted by Gasteiger charge is -2.14. The summed E-state index contributed by atoms with van der Waals surface area (Å²) < 4.78 is 0. The summed E-state index contributed by atoms with van der Waals surface area (Å²) in [6, 6.07) is -0.316. The molecule has 0 spiro atoms. The van der Waals surface area contributed by atoms with Crippen LogP contribution in [0.1, 0.15) is 13.8 Å². The normalized spacial score (nSPS) is 16.3. The molecule has 0 saturated heterocycles. The summed E-state index contributed by atoms with van der Waals surface area (Å²) in [5.74, 6) is 0. The molecule has 0 bridgehead atoms. The van der Waals surface area contributed by atoms with Crippen LogP contribution in [0.5, 0.6) is 0 Å². The summed E-state index contributed by atoms with van der Waals surface area (Å²) in [6.45, 7) is 3.47. The predicted octanol–water partition coefficient (Wildman–Crippen LogP) is -0.0103. The molecule has 4 heteroatoms. The number of nitrogens with one attached hydrogen (secondary N) is 1. The number of carboxylic acid groups (broad SMARTS) is 1. The fourth-order valence-corrected chi connectivity index (χ4v) is 0.326. The van der Waals surface area contributed by atoms with Crippen LogP contribution in [0.25, 0.3) is 0 Å². The van der Waals surface area contributed by atoms with Gasteiger partial charge >= 0.3 is 6.09 Å². The molecule has 0 aliphatic heterocycles. The molecular weight excluding hydrogens is 120 g/mol. The van der Waals surface area contributed by atoms with Crippen molar-refractivity contribution >= 4 is 6.09 Å². The third kappa shape index (κ3) is 3.78. The zero-order valence-electron chi connectivity index (χ0n) is 5.59. The molecule has 1 unspecified atom stereocenters. The van der Waals surface area contributed by atoms with Crippen LogP contribution >= 0.6 is 0 Å². The first kappa shape index (κ1) is 8.23. The summed E-state index contributed by atoms with van der Waals surface area (Å²) >= 11 is 0. The Morgan fingerprint density at radius 3 is 2.22 bits per heavy atom. The number of carbonyl (C=O) groups is 1. The Morgan fingerprint density at radius 2 is 2.11 bits per heavy atom. The van der Waals surface area contributed by atoms with Gasteiger partial charge in [0.05, 0.1) is 0 Å². The maximum atomic E-state index is 9.95. The van der Waals surface area contributed by atoms with Gasteiger partial charge in [0.25, 0.3) is 0 Å². The monoisotopic (exact) mass is 132 g/mol. The molecule has 9 heavy (non-hydrogen) atoms. The minimum atomic E-state index is -1.03. The van der Waals surface area contributed by atoms with Crippen LogP contribution in [-0.4, -0.2) is 23.3 Å². The fourth-order valence-electron chi connectivity index (χ4n) is 0.326. The van der Waals surface area contributed by atoms with E-state index in [1.54, 1.807) is 13.8 Å². The molecule has 4 nitrogen and oxygen atoms in total. The molecule has 0 rings (SSSR count). The number of nitrogens with two attached hydrogens (primary N) is 1. The Kier molecular flexibility index (Phi) is 3.01. The summed E-state index contributed by atoms with van der Waals surface area (Å²) in [5, 5.41) is 10.4. The first-order chi connectivity index (χ1) is 4.04. The standard InChI is InChI=1S/C5H12N2O2/c1-3(6)4(2)7-5(8)9/h3-4,7H,6H2,1-2H3,(H,8,9)/t3?,4-/m0/s1. The maximum Gasteiger partial charge on any atom is 0.404 e. The van der Waals surface area contributed by atoms with Crippen molar-refractivity contribution in [2.24, 2.45) is 5.73 Å². The van der Waals surface area contributed by atoms with Gasteiger partial charge in [0, 0.05) is 12.1 Å². The SMILES string of the molecule is CC(N)[C@H](C)NC(=O)O. The van der Waals surface area contributed by atoms with E-state index in [0.717, 1.165) is 0 Å². The highest BCUT2D eigenvalue weighted by Gasteiger charge is 2.08. The van der Waals surface area contributed by atoms with E-state index in [9.17, 15) is 4.79 Å². The van der Waals surface area contributed by atoms with Gasteiger partial charge in [-0.25, -0.2) is 4.79 Å². The molecule has 54 valence electrons. The Bertz CT molecular complexity index is 103. The van der Waals surface area contributed by atoms with Gasteiger partial charge in [-0.1, -0.05) is 0 Å². The van der Waals surface area contributed by atoms with Gasteiger partial charge in [0.2, 0.25) is 0 Å². The van der Waals surface area contributed by atoms with Crippen LogP contribution in [0.2, 0.25) is 0 Å². The van der Waals surface area contributed by atoms with Crippen LogP contribution in [-0.2, 0) is 0 Å². The van der Waals surface area contributed by atoms with Gasteiger partial charge in [-0.3, -0.25) is 0 Å². The second-order valence-electron chi connectivity index (χ2n) is 2.10. The highest BCUT2D eigenvalue weighted by Crippen LogP contribution is 1.85. The van der Waals surface area contributed by atoms with E-state index in [-0.39, 0.29) is 12.1 Å². The van der Waals surface area contributed by atoms with Crippen molar-refractivity contribution < 1.29 is 9.90 Å². The van der Waals surface area contributed by atoms with E-state index in [1.165, 1.54) is 0 Å². The van der Waals surface area contributed by atoms with E-state index >= 15 is 0 Å². The average Bonchev–Trinajstić information content (AvgIpc) is 1.63. The number of hydrogen-bond acceptors (Lipinski definition) is 2. The summed E-state index contributed by atoms with van der Waals surface area (Å²) in [5.41, 5.74) is 5.36. The van der Waals surface area contributed by atoms with Crippen molar-refractivity contribution in [3.8, 4) is 0 Å². The van der Waals surface area contributed by atoms with Gasteiger partial charge in [0.1, 0.15) is 0 Å². The van der Waals surface area contributed by atoms with Crippen molar-refractivity contribution in [3.05, 3.63) is 0 Å². The summed E-state index contributed by atoms with van der Waals surface area (Å²) in [4.78, 5) is 9.95. The van der Waals surface area contributed by atoms with Crippen LogP contribution in [0, 0.1) is 0 Å². The van der Waals surface area contributed by atoms with Crippen LogP contribution in [0.4, 0.5) is 4.79 Å². The molecule has 1 amide bonds. The van der Waals surface area contributed by atoms with E-state index in [0.29, 0.717) is 0 Å². The minimum Gasteiger partial charge on any atom is -0.465 e. The second kappa shape index (κ2) is 3.29. The molecule has 0 heterocycles. The van der Waals surface area contributed by atoms with E-state index in [1.807, 2.05) is 0 Å². The third-order valence-corrected chi connectivity index (χ3v) is 1.14. The van der Waals surface area contributed by atoms with Crippen LogP contribution in [0.15, 0.2) is 0 Å². The highest BCUT2D eigenvalue weighted by molar-refractivity contribution is 5.64. The van der Waals surface area contributed by atoms with E-state index < -0.39 is 6.09 Å². The smallest absolute Gasteiger partial charge is 0.404 e. The third-order valence-electron chi connectivity index (χ3n) is 1.14. The lowest BCUT2D eigenvalue weighted by atomic mass is 10.2. The largest absolute Gasteiger partial charge is 0.465 e. The topological polar surface area (TPSA) is 75.3 Å². The van der Waals surface area contributed by atoms with E-state index in [2.05, 4.69) is 5.32 Å². The minimum absolute atomic E-state index is 0.138. The molecule has 0 aromatic heterocycles. The van der Waals surface area contributed by atoms with Gasteiger partial charge in [-0.2, -0.15) is 0 Å². The Labute approximate surface area is 54.0 Å². The van der Waals surface area contributed by atoms with Gasteiger partial charge < -0.3 is 16.2 Å². The number of rotatable bonds is 2. The van der Waals surface area contributed by atoms with Crippen molar-refractivity contribution in [1.29, 1.82) is 0 Å². The first-order valence-corrected chi connectivity index (χ1v) is 2.79. The highest BCUT2D eigenvalue weighted by atomic mass is 16.4. The molecule has 0 saturated carbocycles.